The molecule has 0 N–H and O–H groups in total. The first-order valence-corrected chi connectivity index (χ1v) is 45.4. The first-order chi connectivity index (χ1) is 70.7. The third-order valence-corrected chi connectivity index (χ3v) is 26.0. The van der Waals surface area contributed by atoms with Crippen molar-refractivity contribution in [1.82, 2.24) is 9.13 Å². The van der Waals surface area contributed by atoms with E-state index >= 15 is 0 Å². The molecule has 2 aliphatic heterocycles. The van der Waals surface area contributed by atoms with Crippen molar-refractivity contribution in [2.75, 3.05) is 9.80 Å². The van der Waals surface area contributed by atoms with E-state index in [0.717, 1.165) is 44.5 Å². The quantitative estimate of drug-likeness (QED) is 0.134. The van der Waals surface area contributed by atoms with Gasteiger partial charge in [0.1, 0.15) is 0 Å². The summed E-state index contributed by atoms with van der Waals surface area (Å²) in [5.74, 6) is 0. The second-order valence-electron chi connectivity index (χ2n) is 46.2. The Kier molecular flexibility index (Phi) is 14.8. The number of hydrogen-bond acceptors (Lipinski definition) is 2. The van der Waals surface area contributed by atoms with E-state index in [0.29, 0.717) is 55.7 Å². The van der Waals surface area contributed by atoms with E-state index in [1.807, 2.05) is 91.5 Å². The molecule has 4 nitrogen and oxygen atoms in total. The molecule has 18 rings (SSSR count). The Balaban J connectivity index is 1.22. The van der Waals surface area contributed by atoms with E-state index < -0.39 is 188 Å². The molecule has 654 valence electrons. The maximum atomic E-state index is 12.0. The van der Waals surface area contributed by atoms with Gasteiger partial charge in [-0.05, 0) is 244 Å². The Bertz CT molecular complexity index is 8550. The summed E-state index contributed by atoms with van der Waals surface area (Å²) < 4.78 is 260. The lowest BCUT2D eigenvalue weighted by Crippen LogP contribution is -2.61. The van der Waals surface area contributed by atoms with E-state index in [-0.39, 0.29) is 141 Å². The number of hydrogen-bond donors (Lipinski definition) is 0. The van der Waals surface area contributed by atoms with Crippen molar-refractivity contribution in [3.05, 3.63) is 328 Å². The molecule has 5 heteroatoms. The minimum Gasteiger partial charge on any atom is -0.310 e. The summed E-state index contributed by atoms with van der Waals surface area (Å²) in [7, 11) is 0. The lowest BCUT2D eigenvalue weighted by atomic mass is 9.33. The molecule has 2 aliphatic rings. The zero-order valence-electron chi connectivity index (χ0n) is 106. The number of nitrogens with zero attached hydrogens (tertiary/aromatic N) is 4. The molecule has 14 aromatic carbocycles. The number of rotatable bonds is 9. The Labute approximate surface area is 807 Å². The Morgan fingerprint density at radius 3 is 0.946 bits per heavy atom. The fourth-order valence-corrected chi connectivity index (χ4v) is 18.3. The van der Waals surface area contributed by atoms with Crippen molar-refractivity contribution in [2.45, 2.75) is 262 Å². The van der Waals surface area contributed by atoms with Gasteiger partial charge in [-0.25, -0.2) is 0 Å². The molecule has 16 aromatic rings. The summed E-state index contributed by atoms with van der Waals surface area (Å²) in [5.41, 5.74) is 3.29. The van der Waals surface area contributed by atoms with Crippen LogP contribution in [0, 0.1) is 0 Å². The molecule has 129 heavy (non-hydrogen) atoms. The topological polar surface area (TPSA) is 16.3 Å². The predicted molar refractivity (Wildman–Crippen MR) is 563 cm³/mol. The van der Waals surface area contributed by atoms with Crippen molar-refractivity contribution in [1.29, 1.82) is 0 Å². The van der Waals surface area contributed by atoms with Crippen molar-refractivity contribution >= 4 is 101 Å². The lowest BCUT2D eigenvalue weighted by molar-refractivity contribution is 0.568. The molecule has 0 unspecified atom stereocenters. The zero-order valence-corrected chi connectivity index (χ0v) is 80.9. The highest BCUT2D eigenvalue weighted by Crippen LogP contribution is 2.58. The van der Waals surface area contributed by atoms with Crippen LogP contribution in [0.2, 0.25) is 0 Å². The highest BCUT2D eigenvalue weighted by molar-refractivity contribution is 7.00. The second-order valence-corrected chi connectivity index (χ2v) is 46.2. The molecule has 0 fully saturated rings. The van der Waals surface area contributed by atoms with Gasteiger partial charge in [-0.1, -0.05) is 395 Å². The largest absolute Gasteiger partial charge is 0.310 e. The van der Waals surface area contributed by atoms with Crippen molar-refractivity contribution in [3.63, 3.8) is 0 Å². The number of aromatic nitrogens is 2. The maximum Gasteiger partial charge on any atom is 0.252 e. The standard InChI is InChI=1S/C124H135BN4/c1-115(2,3)81-51-47-76(48-52-81)96-70-88(122(22,23)24)72-98(80-63-86(120(16,17)18)68-87(64-80)121(19,20)21)113(96)128-108-74-90(126-104-43-35-31-39-92(104)93-40-32-36-44-105(93)126)56-59-102(108)125-103-60-57-91(127-106-45-37-33-41-94(106)95-42-34-38-46-107(95)127)75-109(103)129(111-66-79(65-110(128)112(111)125)78-61-84(118(10,11)12)67-85(62-78)119(13,14)15)114-97(77-49-53-82(54-50-77)116(4,5)6)71-89(123(25,26)27)73-100(114)99-69-83(117(7,8)9)55-58-101(99)124(28,29)30/h31-75H,1-30H3/i31D,32D,33D,34D,35D,36D,37D,38D,39D,40D,41D,42D,43D,44D,45D,46D,49D,50D,53D,54D,55D,58D,69D,71D,73D. The Hall–Kier alpha value is -11.7. The van der Waals surface area contributed by atoms with Gasteiger partial charge in [-0.3, -0.25) is 0 Å². The molecule has 0 aliphatic carbocycles. The number of para-hydroxylation sites is 4. The van der Waals surface area contributed by atoms with Crippen LogP contribution >= 0.6 is 0 Å². The molecule has 0 amide bonds. The van der Waals surface area contributed by atoms with Crippen LogP contribution in [0.1, 0.15) is 298 Å². The minimum atomic E-state index is -1.31. The molecule has 0 saturated heterocycles. The van der Waals surface area contributed by atoms with Gasteiger partial charge >= 0.3 is 0 Å². The van der Waals surface area contributed by atoms with Gasteiger partial charge in [0.05, 0.1) is 67.7 Å². The Morgan fingerprint density at radius 2 is 0.558 bits per heavy atom. The second kappa shape index (κ2) is 30.5. The van der Waals surface area contributed by atoms with Crippen LogP contribution in [0.5, 0.6) is 0 Å². The highest BCUT2D eigenvalue weighted by atomic mass is 15.2. The zero-order chi connectivity index (χ0) is 114. The summed E-state index contributed by atoms with van der Waals surface area (Å²) in [4.78, 5) is 4.10. The molecule has 4 heterocycles. The smallest absolute Gasteiger partial charge is 0.252 e. The van der Waals surface area contributed by atoms with Gasteiger partial charge in [0.2, 0.25) is 0 Å². The number of fused-ring (bicyclic) bond motifs is 10. The first-order valence-electron chi connectivity index (χ1n) is 57.9. The molecule has 0 spiro atoms. The van der Waals surface area contributed by atoms with E-state index in [2.05, 4.69) is 208 Å². The van der Waals surface area contributed by atoms with Gasteiger partial charge in [0.25, 0.3) is 6.71 Å². The fourth-order valence-electron chi connectivity index (χ4n) is 18.3. The van der Waals surface area contributed by atoms with E-state index in [4.69, 9.17) is 0 Å². The third-order valence-electron chi connectivity index (χ3n) is 26.0. The molecule has 2 aromatic heterocycles. The van der Waals surface area contributed by atoms with Gasteiger partial charge in [-0.15, -0.1) is 0 Å². The van der Waals surface area contributed by atoms with Crippen LogP contribution in [-0.4, -0.2) is 15.8 Å². The van der Waals surface area contributed by atoms with Crippen LogP contribution < -0.4 is 26.2 Å². The summed E-state index contributed by atoms with van der Waals surface area (Å²) in [5, 5.41) is -0.853. The normalized spacial score (nSPS) is 16.5. The molecular weight excluding hydrogens is 1560 g/mol. The van der Waals surface area contributed by atoms with E-state index in [9.17, 15) is 34.3 Å². The Morgan fingerprint density at radius 1 is 0.225 bits per heavy atom. The van der Waals surface area contributed by atoms with Crippen LogP contribution in [0.3, 0.4) is 0 Å². The van der Waals surface area contributed by atoms with Crippen LogP contribution in [-0.2, 0) is 54.1 Å². The number of benzene rings is 14. The van der Waals surface area contributed by atoms with Crippen LogP contribution in [0.15, 0.2) is 272 Å². The summed E-state index contributed by atoms with van der Waals surface area (Å²) in [6, 6.07) is 27.4. The molecule has 0 radical (unpaired) electrons. The van der Waals surface area contributed by atoms with Crippen molar-refractivity contribution in [3.8, 4) is 67.0 Å². The minimum absolute atomic E-state index is 0.00149. The van der Waals surface area contributed by atoms with Gasteiger partial charge < -0.3 is 18.9 Å². The van der Waals surface area contributed by atoms with Crippen molar-refractivity contribution < 1.29 is 34.3 Å². The summed E-state index contributed by atoms with van der Waals surface area (Å²) in [6.45, 7) is 59.7. The van der Waals surface area contributed by atoms with Crippen LogP contribution in [0.25, 0.3) is 111 Å². The molecule has 0 saturated carbocycles. The monoisotopic (exact) mass is 1720 g/mol. The highest BCUT2D eigenvalue weighted by Gasteiger charge is 2.47. The van der Waals surface area contributed by atoms with Gasteiger partial charge in [-0.2, -0.15) is 0 Å². The summed E-state index contributed by atoms with van der Waals surface area (Å²) >= 11 is 0. The predicted octanol–water partition coefficient (Wildman–Crippen LogP) is 33.3. The SMILES string of the molecule is [2H]c1c([2H])c(C(C)(C)C)c([2H])c([2H])c1-c1c([2H])c(C(C)(C)C)c([2H])c(-c2c([2H])c(C(C)(C)C)c([2H])c([2H])c2C(C)(C)C)c1N1c2cc(-n3c4c([2H])c([2H])c([2H])c([2H])c4c4c([2H])c([2H])c([2H])c([2H])c43)ccc2B2c3ccc(-n4c5c([2H])c([2H])c([2H])c([2H])c5c5c([2H])c([2H])c([2H])c([2H])c54)cc3N(c3c(-c4ccc(C(C)(C)C)cc4)cc(C(C)(C)C)cc3-c3cc(C(C)(C)C)cc(C(C)(C)C)c3)c3cc(-c4cc(C(C)(C)C)cc(C(C)(C)C)c4)cc1c32. The average molecular weight is 1720 g/mol. The fraction of sp³-hybridized carbons (Fsp3) is 0.323. The van der Waals surface area contributed by atoms with Crippen LogP contribution in [0.4, 0.5) is 34.1 Å². The van der Waals surface area contributed by atoms with Gasteiger partial charge in [0, 0.05) is 77.9 Å². The first kappa shape index (κ1) is 62.6. The van der Waals surface area contributed by atoms with E-state index in [1.54, 1.807) is 39.0 Å². The van der Waals surface area contributed by atoms with E-state index in [1.165, 1.54) is 9.13 Å². The third kappa shape index (κ3) is 15.7. The summed E-state index contributed by atoms with van der Waals surface area (Å²) in [6.07, 6.45) is 0. The molecular formula is C124H135BN4. The number of anilines is 6. The maximum absolute atomic E-state index is 12.0. The lowest BCUT2D eigenvalue weighted by Gasteiger charge is -2.46. The van der Waals surface area contributed by atoms with Crippen molar-refractivity contribution in [2.24, 2.45) is 0 Å². The van der Waals surface area contributed by atoms with Gasteiger partial charge in [0.15, 0.2) is 0 Å². The molecule has 0 atom stereocenters. The average Bonchev–Trinajstić information content (AvgIpc) is 0.823. The molecule has 0 bridgehead atoms.